The van der Waals surface area contributed by atoms with Crippen molar-refractivity contribution < 1.29 is 14.3 Å². The number of ether oxygens (including phenoxy) is 1. The number of carbonyl (C=O) groups is 2. The molecule has 2 N–H and O–H groups in total. The van der Waals surface area contributed by atoms with Crippen LogP contribution in [0.1, 0.15) is 34.6 Å². The molecule has 0 aromatic carbocycles. The van der Waals surface area contributed by atoms with Crippen LogP contribution in [0.4, 0.5) is 4.79 Å². The van der Waals surface area contributed by atoms with Gasteiger partial charge in [0.2, 0.25) is 5.91 Å². The van der Waals surface area contributed by atoms with Gasteiger partial charge >= 0.3 is 6.09 Å². The summed E-state index contributed by atoms with van der Waals surface area (Å²) in [5.41, 5.74) is 4.98. The van der Waals surface area contributed by atoms with Crippen LogP contribution in [-0.4, -0.2) is 59.6 Å². The summed E-state index contributed by atoms with van der Waals surface area (Å²) >= 11 is 0. The fourth-order valence-corrected chi connectivity index (χ4v) is 2.44. The number of carbonyl (C=O) groups excluding carboxylic acids is 2. The second-order valence-corrected chi connectivity index (χ2v) is 6.59. The lowest BCUT2D eigenvalue weighted by atomic mass is 10.0. The molecular weight excluding hydrogens is 258 g/mol. The van der Waals surface area contributed by atoms with Gasteiger partial charge in [-0.2, -0.15) is 0 Å². The molecule has 0 aromatic rings. The highest BCUT2D eigenvalue weighted by atomic mass is 16.6. The van der Waals surface area contributed by atoms with Gasteiger partial charge in [-0.05, 0) is 26.7 Å². The Kier molecular flexibility index (Phi) is 5.39. The van der Waals surface area contributed by atoms with E-state index in [1.165, 1.54) is 0 Å². The van der Waals surface area contributed by atoms with Gasteiger partial charge < -0.3 is 15.4 Å². The molecule has 116 valence electrons. The van der Waals surface area contributed by atoms with Gasteiger partial charge in [0.05, 0.1) is 6.04 Å². The molecular formula is C14H27N3O3. The molecule has 0 aliphatic carbocycles. The van der Waals surface area contributed by atoms with Crippen molar-refractivity contribution in [1.82, 2.24) is 9.80 Å². The molecule has 1 fully saturated rings. The lowest BCUT2D eigenvalue weighted by Gasteiger charge is -2.39. The first kappa shape index (κ1) is 16.8. The third-order valence-corrected chi connectivity index (χ3v) is 3.28. The SMILES string of the molecule is CC(C)C(C(N)=O)N1CCN(C(=O)OC(C)(C)C)CC1. The lowest BCUT2D eigenvalue weighted by Crippen LogP contribution is -2.57. The van der Waals surface area contributed by atoms with E-state index in [1.807, 2.05) is 39.5 Å². The van der Waals surface area contributed by atoms with Gasteiger partial charge in [0.25, 0.3) is 0 Å². The molecule has 0 spiro atoms. The molecule has 0 aromatic heterocycles. The highest BCUT2D eigenvalue weighted by Crippen LogP contribution is 2.16. The molecule has 1 atom stereocenters. The van der Waals surface area contributed by atoms with Crippen LogP contribution in [0.5, 0.6) is 0 Å². The predicted molar refractivity (Wildman–Crippen MR) is 77.2 cm³/mol. The van der Waals surface area contributed by atoms with Crippen LogP contribution in [0, 0.1) is 5.92 Å². The first-order valence-corrected chi connectivity index (χ1v) is 7.13. The summed E-state index contributed by atoms with van der Waals surface area (Å²) in [6.07, 6.45) is -0.294. The Bertz CT molecular complexity index is 355. The maximum absolute atomic E-state index is 12.0. The lowest BCUT2D eigenvalue weighted by molar-refractivity contribution is -0.125. The molecule has 0 saturated carbocycles. The summed E-state index contributed by atoms with van der Waals surface area (Å²) in [5, 5.41) is 0. The van der Waals surface area contributed by atoms with Gasteiger partial charge in [-0.1, -0.05) is 13.8 Å². The minimum atomic E-state index is -0.484. The van der Waals surface area contributed by atoms with Crippen LogP contribution < -0.4 is 5.73 Å². The van der Waals surface area contributed by atoms with E-state index in [9.17, 15) is 9.59 Å². The van der Waals surface area contributed by atoms with Crippen molar-refractivity contribution in [2.45, 2.75) is 46.3 Å². The van der Waals surface area contributed by atoms with Crippen LogP contribution in [0.3, 0.4) is 0 Å². The van der Waals surface area contributed by atoms with Crippen LogP contribution in [0.25, 0.3) is 0 Å². The number of hydrogen-bond acceptors (Lipinski definition) is 4. The van der Waals surface area contributed by atoms with Crippen molar-refractivity contribution in [2.24, 2.45) is 11.7 Å². The van der Waals surface area contributed by atoms with Gasteiger partial charge in [-0.3, -0.25) is 9.69 Å². The summed E-state index contributed by atoms with van der Waals surface area (Å²) < 4.78 is 5.34. The van der Waals surface area contributed by atoms with Crippen molar-refractivity contribution in [2.75, 3.05) is 26.2 Å². The number of nitrogens with zero attached hydrogens (tertiary/aromatic N) is 2. The zero-order valence-corrected chi connectivity index (χ0v) is 13.2. The van der Waals surface area contributed by atoms with Gasteiger partial charge in [0, 0.05) is 26.2 Å². The summed E-state index contributed by atoms with van der Waals surface area (Å²) in [7, 11) is 0. The summed E-state index contributed by atoms with van der Waals surface area (Å²) in [6.45, 7) is 11.9. The minimum absolute atomic E-state index is 0.167. The third kappa shape index (κ3) is 4.67. The zero-order chi connectivity index (χ0) is 15.5. The predicted octanol–water partition coefficient (Wildman–Crippen LogP) is 1.05. The van der Waals surface area contributed by atoms with E-state index in [0.29, 0.717) is 26.2 Å². The van der Waals surface area contributed by atoms with Gasteiger partial charge in [-0.25, -0.2) is 4.79 Å². The standard InChI is InChI=1S/C14H27N3O3/c1-10(2)11(12(15)18)16-6-8-17(9-7-16)13(19)20-14(3,4)5/h10-11H,6-9H2,1-5H3,(H2,15,18). The Morgan fingerprint density at radius 2 is 1.60 bits per heavy atom. The Morgan fingerprint density at radius 1 is 1.10 bits per heavy atom. The molecule has 1 aliphatic rings. The van der Waals surface area contributed by atoms with Crippen molar-refractivity contribution in [3.8, 4) is 0 Å². The molecule has 1 heterocycles. The highest BCUT2D eigenvalue weighted by Gasteiger charge is 2.32. The van der Waals surface area contributed by atoms with Gasteiger partial charge in [-0.15, -0.1) is 0 Å². The van der Waals surface area contributed by atoms with E-state index in [1.54, 1.807) is 4.90 Å². The van der Waals surface area contributed by atoms with Crippen molar-refractivity contribution in [1.29, 1.82) is 0 Å². The molecule has 1 saturated heterocycles. The van der Waals surface area contributed by atoms with Crippen molar-refractivity contribution in [3.05, 3.63) is 0 Å². The van der Waals surface area contributed by atoms with E-state index < -0.39 is 5.60 Å². The number of hydrogen-bond donors (Lipinski definition) is 1. The maximum atomic E-state index is 12.0. The van der Waals surface area contributed by atoms with Gasteiger partial charge in [0.15, 0.2) is 0 Å². The van der Waals surface area contributed by atoms with E-state index in [-0.39, 0.29) is 24.0 Å². The summed E-state index contributed by atoms with van der Waals surface area (Å²) in [5.74, 6) is -0.133. The van der Waals surface area contributed by atoms with Crippen LogP contribution in [-0.2, 0) is 9.53 Å². The van der Waals surface area contributed by atoms with Crippen molar-refractivity contribution in [3.63, 3.8) is 0 Å². The first-order valence-electron chi connectivity index (χ1n) is 7.13. The van der Waals surface area contributed by atoms with E-state index in [0.717, 1.165) is 0 Å². The molecule has 0 radical (unpaired) electrons. The molecule has 1 unspecified atom stereocenters. The highest BCUT2D eigenvalue weighted by molar-refractivity contribution is 5.80. The number of nitrogens with two attached hydrogens (primary N) is 1. The smallest absolute Gasteiger partial charge is 0.410 e. The molecule has 6 nitrogen and oxygen atoms in total. The van der Waals surface area contributed by atoms with Crippen LogP contribution >= 0.6 is 0 Å². The van der Waals surface area contributed by atoms with Crippen molar-refractivity contribution >= 4 is 12.0 Å². The molecule has 20 heavy (non-hydrogen) atoms. The van der Waals surface area contributed by atoms with E-state index >= 15 is 0 Å². The second-order valence-electron chi connectivity index (χ2n) is 6.59. The Morgan fingerprint density at radius 3 is 1.95 bits per heavy atom. The van der Waals surface area contributed by atoms with E-state index in [4.69, 9.17) is 10.5 Å². The quantitative estimate of drug-likeness (QED) is 0.841. The molecule has 1 aliphatic heterocycles. The van der Waals surface area contributed by atoms with E-state index in [2.05, 4.69) is 0 Å². The maximum Gasteiger partial charge on any atom is 0.410 e. The fraction of sp³-hybridized carbons (Fsp3) is 0.857. The molecule has 6 heteroatoms. The van der Waals surface area contributed by atoms with Gasteiger partial charge in [0.1, 0.15) is 5.60 Å². The first-order chi connectivity index (χ1) is 9.11. The topological polar surface area (TPSA) is 75.9 Å². The average Bonchev–Trinajstić information content (AvgIpc) is 2.26. The largest absolute Gasteiger partial charge is 0.444 e. The molecule has 2 amide bonds. The average molecular weight is 285 g/mol. The minimum Gasteiger partial charge on any atom is -0.444 e. The second kappa shape index (κ2) is 6.43. The Balaban J connectivity index is 2.55. The Hall–Kier alpha value is -1.30. The number of piperazine rings is 1. The number of primary amides is 1. The molecule has 1 rings (SSSR count). The third-order valence-electron chi connectivity index (χ3n) is 3.28. The molecule has 0 bridgehead atoms. The zero-order valence-electron chi connectivity index (χ0n) is 13.2. The fourth-order valence-electron chi connectivity index (χ4n) is 2.44. The number of rotatable bonds is 3. The normalized spacial score (nSPS) is 19.0. The Labute approximate surface area is 121 Å². The van der Waals surface area contributed by atoms with Crippen LogP contribution in [0.15, 0.2) is 0 Å². The summed E-state index contributed by atoms with van der Waals surface area (Å²) in [4.78, 5) is 27.2. The summed E-state index contributed by atoms with van der Waals surface area (Å²) in [6, 6.07) is -0.268. The number of amides is 2. The van der Waals surface area contributed by atoms with Crippen LogP contribution in [0.2, 0.25) is 0 Å². The monoisotopic (exact) mass is 285 g/mol.